The number of carbonyl (C=O) groups excluding carboxylic acids is 1. The third kappa shape index (κ3) is 6.22. The van der Waals surface area contributed by atoms with Gasteiger partial charge >= 0.3 is 6.03 Å². The van der Waals surface area contributed by atoms with E-state index < -0.39 is 0 Å². The Hall–Kier alpha value is -4.46. The Morgan fingerprint density at radius 2 is 1.95 bits per heavy atom. The first-order chi connectivity index (χ1) is 17.9. The van der Waals surface area contributed by atoms with Crippen LogP contribution in [0, 0.1) is 6.92 Å². The number of ether oxygens (including phenoxy) is 1. The molecule has 5 heterocycles. The van der Waals surface area contributed by atoms with Gasteiger partial charge in [0, 0.05) is 62.1 Å². The van der Waals surface area contributed by atoms with E-state index in [1.54, 1.807) is 21.7 Å². The van der Waals surface area contributed by atoms with Gasteiger partial charge < -0.3 is 30.5 Å². The van der Waals surface area contributed by atoms with Gasteiger partial charge in [0.25, 0.3) is 12.9 Å². The highest BCUT2D eigenvalue weighted by Crippen LogP contribution is 2.35. The summed E-state index contributed by atoms with van der Waals surface area (Å²) >= 11 is 0. The summed E-state index contributed by atoms with van der Waals surface area (Å²) in [6.45, 7) is 6.99. The molecule has 1 saturated heterocycles. The molecule has 0 spiro atoms. The minimum Gasteiger partial charge on any atom is -0.483 e. The summed E-state index contributed by atoms with van der Waals surface area (Å²) in [4.78, 5) is 47.2. The van der Waals surface area contributed by atoms with Crippen molar-refractivity contribution in [2.45, 2.75) is 26.3 Å². The Bertz CT molecular complexity index is 1240. The van der Waals surface area contributed by atoms with Crippen LogP contribution in [0.25, 0.3) is 5.78 Å². The zero-order chi connectivity index (χ0) is 26.9. The highest BCUT2D eigenvalue weighted by Gasteiger charge is 2.31. The number of nitrogens with zero attached hydrogens (tertiary/aromatic N) is 6. The van der Waals surface area contributed by atoms with E-state index in [0.29, 0.717) is 35.7 Å². The molecule has 3 aromatic heterocycles. The van der Waals surface area contributed by atoms with Crippen LogP contribution in [0.15, 0.2) is 24.7 Å². The summed E-state index contributed by atoms with van der Waals surface area (Å²) in [6, 6.07) is 2.23. The fourth-order valence-corrected chi connectivity index (χ4v) is 4.37. The number of nitrogens with one attached hydrogen (secondary N) is 2. The van der Waals surface area contributed by atoms with E-state index in [4.69, 9.17) is 24.5 Å². The van der Waals surface area contributed by atoms with Crippen LogP contribution in [0.4, 0.5) is 22.0 Å². The summed E-state index contributed by atoms with van der Waals surface area (Å²) in [7, 11) is 1.53. The number of imidazole rings is 1. The van der Waals surface area contributed by atoms with Gasteiger partial charge in [0.15, 0.2) is 0 Å². The number of urea groups is 1. The predicted molar refractivity (Wildman–Crippen MR) is 136 cm³/mol. The number of rotatable bonds is 3. The average molecular weight is 515 g/mol. The third-order valence-electron chi connectivity index (χ3n) is 5.77. The number of hydrogen-bond donors (Lipinski definition) is 4. The number of methoxy groups -OCH3 is 1. The number of pyridine rings is 1. The molecule has 5 rings (SSSR count). The molecule has 0 bridgehead atoms. The van der Waals surface area contributed by atoms with Gasteiger partial charge in [-0.15, -0.1) is 0 Å². The number of fused-ring (bicyclic) bond motifs is 2. The SMILES string of the molecule is COc1nc2nc(C)cn2cc1NC(=O)N1CCc2c(N3CCN[C@H](C)C3)ccnc21.O=CO.O=CO. The molecular weight excluding hydrogens is 484 g/mol. The van der Waals surface area contributed by atoms with Gasteiger partial charge in [-0.3, -0.25) is 18.9 Å². The van der Waals surface area contributed by atoms with Gasteiger partial charge in [-0.05, 0) is 26.3 Å². The molecule has 0 unspecified atom stereocenters. The van der Waals surface area contributed by atoms with E-state index in [0.717, 1.165) is 37.3 Å². The van der Waals surface area contributed by atoms with Gasteiger partial charge in [-0.1, -0.05) is 0 Å². The van der Waals surface area contributed by atoms with Crippen molar-refractivity contribution < 1.29 is 29.3 Å². The number of aromatic nitrogens is 4. The molecule has 2 amide bonds. The summed E-state index contributed by atoms with van der Waals surface area (Å²) in [5.41, 5.74) is 3.61. The molecule has 0 radical (unpaired) electrons. The Morgan fingerprint density at radius 3 is 2.62 bits per heavy atom. The Labute approximate surface area is 212 Å². The first-order valence-corrected chi connectivity index (χ1v) is 11.5. The first kappa shape index (κ1) is 27.1. The number of aryl methyl sites for hydroxylation is 1. The highest BCUT2D eigenvalue weighted by atomic mass is 16.5. The zero-order valence-electron chi connectivity index (χ0n) is 20.8. The Morgan fingerprint density at radius 1 is 1.22 bits per heavy atom. The van der Waals surface area contributed by atoms with Crippen LogP contribution in [-0.4, -0.2) is 87.9 Å². The molecule has 0 aliphatic carbocycles. The van der Waals surface area contributed by atoms with Crippen LogP contribution in [0.2, 0.25) is 0 Å². The minimum absolute atomic E-state index is 0.250. The van der Waals surface area contributed by atoms with Crippen molar-refractivity contribution in [3.05, 3.63) is 35.9 Å². The second kappa shape index (κ2) is 12.5. The zero-order valence-corrected chi connectivity index (χ0v) is 20.8. The fraction of sp³-hybridized carbons (Fsp3) is 0.391. The lowest BCUT2D eigenvalue weighted by Crippen LogP contribution is -2.49. The van der Waals surface area contributed by atoms with Crippen LogP contribution >= 0.6 is 0 Å². The summed E-state index contributed by atoms with van der Waals surface area (Å²) in [6.07, 6.45) is 6.18. The number of carbonyl (C=O) groups is 3. The first-order valence-electron chi connectivity index (χ1n) is 11.5. The number of piperazine rings is 1. The molecule has 0 saturated carbocycles. The van der Waals surface area contributed by atoms with Crippen molar-refractivity contribution in [3.8, 4) is 5.88 Å². The lowest BCUT2D eigenvalue weighted by atomic mass is 10.1. The summed E-state index contributed by atoms with van der Waals surface area (Å²) < 4.78 is 7.15. The number of carboxylic acid groups (broad SMARTS) is 2. The molecule has 1 fully saturated rings. The maximum atomic E-state index is 13.2. The maximum Gasteiger partial charge on any atom is 0.327 e. The van der Waals surface area contributed by atoms with E-state index in [-0.39, 0.29) is 19.0 Å². The molecule has 198 valence electrons. The van der Waals surface area contributed by atoms with E-state index >= 15 is 0 Å². The van der Waals surface area contributed by atoms with Crippen LogP contribution in [-0.2, 0) is 16.0 Å². The number of amides is 2. The molecule has 1 atom stereocenters. The molecule has 0 aromatic carbocycles. The molecule has 3 aromatic rings. The topological polar surface area (TPSA) is 175 Å². The Kier molecular flexibility index (Phi) is 9.16. The van der Waals surface area contributed by atoms with Crippen molar-refractivity contribution >= 4 is 41.9 Å². The normalized spacial score (nSPS) is 16.0. The number of hydrogen-bond acceptors (Lipinski definition) is 9. The molecule has 14 heteroatoms. The lowest BCUT2D eigenvalue weighted by molar-refractivity contribution is -0.123. The predicted octanol–water partition coefficient (Wildman–Crippen LogP) is 1.24. The van der Waals surface area contributed by atoms with Gasteiger partial charge in [0.1, 0.15) is 11.5 Å². The monoisotopic (exact) mass is 514 g/mol. The Balaban J connectivity index is 0.000000580. The van der Waals surface area contributed by atoms with E-state index in [2.05, 4.69) is 43.5 Å². The van der Waals surface area contributed by atoms with Crippen molar-refractivity contribution in [1.82, 2.24) is 24.7 Å². The van der Waals surface area contributed by atoms with E-state index in [1.165, 1.54) is 12.8 Å². The van der Waals surface area contributed by atoms with Crippen molar-refractivity contribution in [3.63, 3.8) is 0 Å². The average Bonchev–Trinajstić information content (AvgIpc) is 3.46. The minimum atomic E-state index is -0.256. The maximum absolute atomic E-state index is 13.2. The molecule has 2 aliphatic rings. The molecule has 2 aliphatic heterocycles. The molecule has 4 N–H and O–H groups in total. The van der Waals surface area contributed by atoms with Crippen LogP contribution in [0.3, 0.4) is 0 Å². The van der Waals surface area contributed by atoms with Crippen LogP contribution < -0.4 is 25.2 Å². The quantitative estimate of drug-likeness (QED) is 0.370. The lowest BCUT2D eigenvalue weighted by Gasteiger charge is -2.34. The van der Waals surface area contributed by atoms with Crippen LogP contribution in [0.5, 0.6) is 5.88 Å². The standard InChI is InChI=1S/C21H26N8O2.2CH2O2/c1-13-10-27(9-7-22-13)17-4-6-23-18-15(17)5-8-29(18)21(30)25-16-12-28-11-14(2)24-20(28)26-19(16)31-3;2*2-1-3/h4,6,11-13,22H,5,7-10H2,1-3H3,(H,25,30);2*1H,(H,2,3)/t13-;;/m1../s1. The van der Waals surface area contributed by atoms with Crippen molar-refractivity contribution in [1.29, 1.82) is 0 Å². The molecule has 14 nitrogen and oxygen atoms in total. The van der Waals surface area contributed by atoms with Crippen molar-refractivity contribution in [2.75, 3.05) is 48.4 Å². The van der Waals surface area contributed by atoms with E-state index in [9.17, 15) is 4.79 Å². The smallest absolute Gasteiger partial charge is 0.327 e. The second-order valence-electron chi connectivity index (χ2n) is 8.23. The fourth-order valence-electron chi connectivity index (χ4n) is 4.37. The molecular formula is C23H30N8O6. The second-order valence-corrected chi connectivity index (χ2v) is 8.23. The van der Waals surface area contributed by atoms with Gasteiger partial charge in [0.2, 0.25) is 11.7 Å². The van der Waals surface area contributed by atoms with Gasteiger partial charge in [-0.2, -0.15) is 4.98 Å². The van der Waals surface area contributed by atoms with Gasteiger partial charge in [0.05, 0.1) is 12.8 Å². The van der Waals surface area contributed by atoms with Gasteiger partial charge in [-0.25, -0.2) is 14.8 Å². The molecule has 37 heavy (non-hydrogen) atoms. The third-order valence-corrected chi connectivity index (χ3v) is 5.77. The van der Waals surface area contributed by atoms with E-state index in [1.807, 2.05) is 13.1 Å². The summed E-state index contributed by atoms with van der Waals surface area (Å²) in [5.74, 6) is 1.56. The largest absolute Gasteiger partial charge is 0.483 e. The summed E-state index contributed by atoms with van der Waals surface area (Å²) in [5, 5.41) is 20.2. The highest BCUT2D eigenvalue weighted by molar-refractivity contribution is 6.03. The van der Waals surface area contributed by atoms with Crippen molar-refractivity contribution in [2.24, 2.45) is 0 Å². The number of anilines is 3. The van der Waals surface area contributed by atoms with Crippen LogP contribution in [0.1, 0.15) is 18.2 Å².